The molecular weight excluding hydrogens is 522 g/mol. The normalized spacial score (nSPS) is 14.1. The lowest BCUT2D eigenvalue weighted by molar-refractivity contribution is -0.131. The molecule has 248 valence electrons. The zero-order chi connectivity index (χ0) is 30.9. The van der Waals surface area contributed by atoms with Gasteiger partial charge in [-0.3, -0.25) is 4.79 Å². The third kappa shape index (κ3) is 27.7. The Morgan fingerprint density at radius 3 is 1.38 bits per heavy atom. The summed E-state index contributed by atoms with van der Waals surface area (Å²) in [4.78, 5) is 12.4. The van der Waals surface area contributed by atoms with E-state index in [9.17, 15) is 20.1 Å². The average Bonchev–Trinajstić information content (AvgIpc) is 2.99. The van der Waals surface area contributed by atoms with Crippen LogP contribution < -0.4 is 5.32 Å². The quantitative estimate of drug-likeness (QED) is 0.0462. The number of hydrogen-bond acceptors (Lipinski definition) is 4. The first kappa shape index (κ1) is 40.8. The molecule has 0 bridgehead atoms. The van der Waals surface area contributed by atoms with E-state index in [0.29, 0.717) is 6.42 Å². The van der Waals surface area contributed by atoms with E-state index in [1.165, 1.54) is 116 Å². The molecule has 4 N–H and O–H groups in total. The maximum atomic E-state index is 12.4. The molecule has 42 heavy (non-hydrogen) atoms. The molecule has 0 aromatic heterocycles. The first-order valence-electron chi connectivity index (χ1n) is 18.2. The van der Waals surface area contributed by atoms with Crippen molar-refractivity contribution in [2.75, 3.05) is 6.61 Å². The number of carbonyl (C=O) groups excluding carboxylic acids is 1. The number of hydrogen-bond donors (Lipinski definition) is 4. The number of nitrogens with one attached hydrogen (secondary N) is 1. The monoisotopic (exact) mass is 594 g/mol. The molecule has 0 rings (SSSR count). The summed E-state index contributed by atoms with van der Waals surface area (Å²) < 4.78 is 0. The molecule has 3 atom stereocenters. The smallest absolute Gasteiger partial charge is 0.249 e. The number of allylic oxidation sites excluding steroid dienone is 3. The van der Waals surface area contributed by atoms with Crippen LogP contribution in [0.5, 0.6) is 0 Å². The predicted molar refractivity (Wildman–Crippen MR) is 181 cm³/mol. The predicted octanol–water partition coefficient (Wildman–Crippen LogP) is 9.48. The van der Waals surface area contributed by atoms with Gasteiger partial charge in [-0.1, -0.05) is 160 Å². The van der Waals surface area contributed by atoms with Gasteiger partial charge >= 0.3 is 0 Å². The van der Waals surface area contributed by atoms with Crippen LogP contribution >= 0.6 is 0 Å². The Kier molecular flexibility index (Phi) is 31.8. The van der Waals surface area contributed by atoms with Crippen LogP contribution in [0, 0.1) is 0 Å². The summed E-state index contributed by atoms with van der Waals surface area (Å²) in [6.07, 6.45) is 37.6. The third-order valence-corrected chi connectivity index (χ3v) is 8.29. The van der Waals surface area contributed by atoms with Gasteiger partial charge in [0.05, 0.1) is 18.8 Å². The molecule has 0 aromatic rings. The Hall–Kier alpha value is -1.17. The average molecular weight is 594 g/mol. The maximum Gasteiger partial charge on any atom is 0.249 e. The SMILES string of the molecule is CCCCCCCCC/C=C\CCCCCCC(O)C(=O)NC(CO)C(O)/C=C/CCCCCCCCCCCCC. The topological polar surface area (TPSA) is 89.8 Å². The molecule has 0 radical (unpaired) electrons. The minimum absolute atomic E-state index is 0.366. The Morgan fingerprint density at radius 1 is 0.571 bits per heavy atom. The fraction of sp³-hybridized carbons (Fsp3) is 0.865. The van der Waals surface area contributed by atoms with E-state index >= 15 is 0 Å². The molecule has 0 aliphatic rings. The van der Waals surface area contributed by atoms with E-state index in [2.05, 4.69) is 31.3 Å². The van der Waals surface area contributed by atoms with Gasteiger partial charge in [-0.05, 0) is 44.9 Å². The lowest BCUT2D eigenvalue weighted by atomic mass is 10.0. The highest BCUT2D eigenvalue weighted by Crippen LogP contribution is 2.13. The first-order chi connectivity index (χ1) is 20.6. The summed E-state index contributed by atoms with van der Waals surface area (Å²) in [6, 6.07) is -0.798. The van der Waals surface area contributed by atoms with Gasteiger partial charge in [0.25, 0.3) is 0 Å². The molecule has 0 spiro atoms. The van der Waals surface area contributed by atoms with Gasteiger partial charge in [0.2, 0.25) is 5.91 Å². The van der Waals surface area contributed by atoms with Crippen molar-refractivity contribution in [3.63, 3.8) is 0 Å². The van der Waals surface area contributed by atoms with Crippen molar-refractivity contribution >= 4 is 5.91 Å². The third-order valence-electron chi connectivity index (χ3n) is 8.29. The second kappa shape index (κ2) is 32.7. The second-order valence-electron chi connectivity index (χ2n) is 12.4. The van der Waals surface area contributed by atoms with Crippen molar-refractivity contribution in [2.45, 2.75) is 199 Å². The van der Waals surface area contributed by atoms with Crippen LogP contribution in [0.1, 0.15) is 181 Å². The lowest BCUT2D eigenvalue weighted by Crippen LogP contribution is -2.48. The summed E-state index contributed by atoms with van der Waals surface area (Å²) >= 11 is 0. The largest absolute Gasteiger partial charge is 0.394 e. The van der Waals surface area contributed by atoms with Crippen LogP contribution in [0.3, 0.4) is 0 Å². The van der Waals surface area contributed by atoms with E-state index in [1.54, 1.807) is 6.08 Å². The number of rotatable bonds is 32. The standard InChI is InChI=1S/C37H71NO4/c1-3-5-7-9-11-13-15-17-18-20-22-24-26-28-30-32-36(41)37(42)38-34(33-39)35(40)31-29-27-25-23-21-19-16-14-12-10-8-6-4-2/h18,20,29,31,34-36,39-41H,3-17,19,21-28,30,32-33H2,1-2H3,(H,38,42)/b20-18-,31-29+. The maximum absolute atomic E-state index is 12.4. The van der Waals surface area contributed by atoms with Crippen LogP contribution in [0.4, 0.5) is 0 Å². The van der Waals surface area contributed by atoms with Gasteiger partial charge in [0.15, 0.2) is 0 Å². The van der Waals surface area contributed by atoms with Crippen molar-refractivity contribution in [1.82, 2.24) is 5.32 Å². The Bertz CT molecular complexity index is 621. The highest BCUT2D eigenvalue weighted by atomic mass is 16.3. The Labute approximate surface area is 261 Å². The zero-order valence-corrected chi connectivity index (χ0v) is 27.9. The number of aliphatic hydroxyl groups excluding tert-OH is 3. The van der Waals surface area contributed by atoms with E-state index in [4.69, 9.17) is 0 Å². The Morgan fingerprint density at radius 2 is 0.952 bits per heavy atom. The van der Waals surface area contributed by atoms with Crippen LogP contribution in [-0.2, 0) is 4.79 Å². The van der Waals surface area contributed by atoms with E-state index in [1.807, 2.05) is 6.08 Å². The molecule has 5 heteroatoms. The first-order valence-corrected chi connectivity index (χ1v) is 18.2. The fourth-order valence-corrected chi connectivity index (χ4v) is 5.35. The summed E-state index contributed by atoms with van der Waals surface area (Å²) in [5.41, 5.74) is 0. The number of unbranched alkanes of at least 4 members (excludes halogenated alkanes) is 22. The van der Waals surface area contributed by atoms with E-state index < -0.39 is 24.2 Å². The molecule has 0 aliphatic carbocycles. The minimum Gasteiger partial charge on any atom is -0.394 e. The fourth-order valence-electron chi connectivity index (χ4n) is 5.35. The molecular formula is C37H71NO4. The van der Waals surface area contributed by atoms with Gasteiger partial charge in [-0.2, -0.15) is 0 Å². The number of carbonyl (C=O) groups is 1. The Balaban J connectivity index is 3.78. The summed E-state index contributed by atoms with van der Waals surface area (Å²) in [7, 11) is 0. The van der Waals surface area contributed by atoms with Crippen LogP contribution in [0.25, 0.3) is 0 Å². The van der Waals surface area contributed by atoms with E-state index in [-0.39, 0.29) is 6.61 Å². The van der Waals surface area contributed by atoms with Gasteiger partial charge < -0.3 is 20.6 Å². The highest BCUT2D eigenvalue weighted by molar-refractivity contribution is 5.80. The number of aliphatic hydroxyl groups is 3. The molecule has 0 fully saturated rings. The molecule has 0 aromatic carbocycles. The van der Waals surface area contributed by atoms with Gasteiger partial charge in [0.1, 0.15) is 6.10 Å². The summed E-state index contributed by atoms with van der Waals surface area (Å²) in [6.45, 7) is 4.15. The van der Waals surface area contributed by atoms with Crippen molar-refractivity contribution in [3.05, 3.63) is 24.3 Å². The summed E-state index contributed by atoms with van der Waals surface area (Å²) in [5.74, 6) is -0.514. The van der Waals surface area contributed by atoms with Crippen molar-refractivity contribution in [1.29, 1.82) is 0 Å². The molecule has 0 aliphatic heterocycles. The van der Waals surface area contributed by atoms with Crippen LogP contribution in [0.2, 0.25) is 0 Å². The van der Waals surface area contributed by atoms with E-state index in [0.717, 1.165) is 44.9 Å². The van der Waals surface area contributed by atoms with Crippen LogP contribution in [-0.4, -0.2) is 46.1 Å². The molecule has 0 saturated carbocycles. The van der Waals surface area contributed by atoms with Crippen molar-refractivity contribution in [2.24, 2.45) is 0 Å². The molecule has 0 saturated heterocycles. The minimum atomic E-state index is -1.10. The lowest BCUT2D eigenvalue weighted by Gasteiger charge is -2.21. The molecule has 1 amide bonds. The molecule has 0 heterocycles. The molecule has 5 nitrogen and oxygen atoms in total. The van der Waals surface area contributed by atoms with Gasteiger partial charge in [0, 0.05) is 0 Å². The number of amides is 1. The van der Waals surface area contributed by atoms with Crippen molar-refractivity contribution in [3.8, 4) is 0 Å². The highest BCUT2D eigenvalue weighted by Gasteiger charge is 2.22. The molecule has 3 unspecified atom stereocenters. The van der Waals surface area contributed by atoms with Gasteiger partial charge in [-0.25, -0.2) is 0 Å². The second-order valence-corrected chi connectivity index (χ2v) is 12.4. The van der Waals surface area contributed by atoms with Crippen molar-refractivity contribution < 1.29 is 20.1 Å². The zero-order valence-electron chi connectivity index (χ0n) is 27.9. The van der Waals surface area contributed by atoms with Gasteiger partial charge in [-0.15, -0.1) is 0 Å². The summed E-state index contributed by atoms with van der Waals surface area (Å²) in [5, 5.41) is 32.9. The van der Waals surface area contributed by atoms with Crippen LogP contribution in [0.15, 0.2) is 24.3 Å².